The summed E-state index contributed by atoms with van der Waals surface area (Å²) >= 11 is 3.51. The molecule has 1 N–H and O–H groups in total. The Bertz CT molecular complexity index is 356. The summed E-state index contributed by atoms with van der Waals surface area (Å²) in [5, 5.41) is 4.71. The maximum absolute atomic E-state index is 5.69. The third-order valence-electron chi connectivity index (χ3n) is 3.40. The van der Waals surface area contributed by atoms with E-state index in [1.165, 1.54) is 18.4 Å². The molecule has 2 atom stereocenters. The van der Waals surface area contributed by atoms with E-state index in [4.69, 9.17) is 4.74 Å². The van der Waals surface area contributed by atoms with Crippen molar-refractivity contribution in [3.8, 4) is 5.75 Å². The Morgan fingerprint density at radius 1 is 1.47 bits per heavy atom. The Kier molecular flexibility index (Phi) is 4.86. The van der Waals surface area contributed by atoms with Gasteiger partial charge < -0.3 is 10.1 Å². The number of alkyl halides is 1. The topological polar surface area (TPSA) is 21.3 Å². The predicted molar refractivity (Wildman–Crippen MR) is 75.2 cm³/mol. The molecule has 0 fully saturated rings. The Labute approximate surface area is 112 Å². The van der Waals surface area contributed by atoms with Crippen LogP contribution in [0.4, 0.5) is 0 Å². The molecule has 2 rings (SSSR count). The van der Waals surface area contributed by atoms with Crippen LogP contribution in [-0.4, -0.2) is 24.5 Å². The normalized spacial score (nSPS) is 19.8. The van der Waals surface area contributed by atoms with Crippen LogP contribution in [-0.2, 0) is 0 Å². The number of hydrogen-bond acceptors (Lipinski definition) is 2. The number of ether oxygens (including phenoxy) is 1. The lowest BCUT2D eigenvalue weighted by molar-refractivity contribution is 0.320. The fraction of sp³-hybridized carbons (Fsp3) is 0.571. The first kappa shape index (κ1) is 12.9. The summed E-state index contributed by atoms with van der Waals surface area (Å²) in [5.41, 5.74) is 1.36. The molecular weight excluding hydrogens is 278 g/mol. The molecule has 0 radical (unpaired) electrons. The van der Waals surface area contributed by atoms with Crippen LogP contribution >= 0.6 is 15.9 Å². The molecule has 1 heterocycles. The van der Waals surface area contributed by atoms with Gasteiger partial charge in [0.25, 0.3) is 0 Å². The molecule has 1 aliphatic heterocycles. The molecule has 2 nitrogen and oxygen atoms in total. The smallest absolute Gasteiger partial charge is 0.122 e. The van der Waals surface area contributed by atoms with Gasteiger partial charge in [0.1, 0.15) is 5.75 Å². The van der Waals surface area contributed by atoms with E-state index in [9.17, 15) is 0 Å². The van der Waals surface area contributed by atoms with E-state index in [1.807, 2.05) is 6.07 Å². The molecule has 0 saturated heterocycles. The molecule has 1 aromatic rings. The second kappa shape index (κ2) is 6.41. The highest BCUT2D eigenvalue weighted by Crippen LogP contribution is 2.32. The maximum atomic E-state index is 5.69. The van der Waals surface area contributed by atoms with Crippen molar-refractivity contribution < 1.29 is 4.74 Å². The fourth-order valence-electron chi connectivity index (χ4n) is 2.29. The van der Waals surface area contributed by atoms with E-state index in [0.29, 0.717) is 12.0 Å². The molecular formula is C14H20BrNO. The average molecular weight is 298 g/mol. The average Bonchev–Trinajstić information content (AvgIpc) is 2.78. The minimum atomic E-state index is 0.510. The summed E-state index contributed by atoms with van der Waals surface area (Å²) in [6.07, 6.45) is 2.37. The molecule has 0 amide bonds. The van der Waals surface area contributed by atoms with E-state index in [1.54, 1.807) is 0 Å². The van der Waals surface area contributed by atoms with Gasteiger partial charge in [0.2, 0.25) is 0 Å². The molecule has 1 aliphatic rings. The molecule has 0 saturated carbocycles. The second-order valence-corrected chi connectivity index (χ2v) is 5.33. The van der Waals surface area contributed by atoms with Gasteiger partial charge in [-0.05, 0) is 18.9 Å². The highest BCUT2D eigenvalue weighted by Gasteiger charge is 2.23. The zero-order valence-electron chi connectivity index (χ0n) is 10.3. The zero-order valence-corrected chi connectivity index (χ0v) is 11.9. The zero-order chi connectivity index (χ0) is 12.1. The lowest BCUT2D eigenvalue weighted by atomic mass is 10.0. The maximum Gasteiger partial charge on any atom is 0.122 e. The fourth-order valence-corrected chi connectivity index (χ4v) is 2.84. The summed E-state index contributed by atoms with van der Waals surface area (Å²) in [5.74, 6) is 1.57. The summed E-state index contributed by atoms with van der Waals surface area (Å²) in [6.45, 7) is 4.07. The second-order valence-electron chi connectivity index (χ2n) is 4.54. The van der Waals surface area contributed by atoms with Crippen LogP contribution < -0.4 is 10.1 Å². The largest absolute Gasteiger partial charge is 0.493 e. The van der Waals surface area contributed by atoms with Crippen LogP contribution in [0.1, 0.15) is 31.2 Å². The molecule has 94 valence electrons. The number of para-hydroxylation sites is 1. The predicted octanol–water partition coefficient (Wildman–Crippen LogP) is 3.32. The van der Waals surface area contributed by atoms with Crippen molar-refractivity contribution in [1.29, 1.82) is 0 Å². The first-order valence-corrected chi connectivity index (χ1v) is 7.48. The number of fused-ring (bicyclic) bond motifs is 1. The van der Waals surface area contributed by atoms with Crippen LogP contribution in [0.25, 0.3) is 0 Å². The van der Waals surface area contributed by atoms with E-state index in [0.717, 1.165) is 24.2 Å². The van der Waals surface area contributed by atoms with Crippen LogP contribution in [0, 0.1) is 0 Å². The molecule has 0 bridgehead atoms. The van der Waals surface area contributed by atoms with Gasteiger partial charge in [0.15, 0.2) is 0 Å². The van der Waals surface area contributed by atoms with Crippen molar-refractivity contribution in [2.24, 2.45) is 0 Å². The van der Waals surface area contributed by atoms with Gasteiger partial charge in [-0.15, -0.1) is 0 Å². The molecule has 0 aromatic heterocycles. The first-order chi connectivity index (χ1) is 8.35. The van der Waals surface area contributed by atoms with Gasteiger partial charge in [-0.3, -0.25) is 0 Å². The van der Waals surface area contributed by atoms with E-state index in [2.05, 4.69) is 46.4 Å². The lowest BCUT2D eigenvalue weighted by Crippen LogP contribution is -2.33. The van der Waals surface area contributed by atoms with E-state index in [-0.39, 0.29) is 0 Å². The van der Waals surface area contributed by atoms with Crippen molar-refractivity contribution >= 4 is 15.9 Å². The molecule has 1 aromatic carbocycles. The summed E-state index contributed by atoms with van der Waals surface area (Å²) in [4.78, 5) is 0. The molecule has 17 heavy (non-hydrogen) atoms. The standard InChI is InChI=1S/C14H20BrNO/c1-2-12(7-8-15)16-9-11-10-17-14-6-4-3-5-13(11)14/h3-6,11-12,16H,2,7-10H2,1H3. The molecule has 2 unspecified atom stereocenters. The van der Waals surface area contributed by atoms with Gasteiger partial charge in [0, 0.05) is 29.4 Å². The summed E-state index contributed by atoms with van der Waals surface area (Å²) < 4.78 is 5.69. The van der Waals surface area contributed by atoms with Crippen molar-refractivity contribution in [3.63, 3.8) is 0 Å². The SMILES string of the molecule is CCC(CCBr)NCC1COc2ccccc21. The molecule has 0 aliphatic carbocycles. The Hall–Kier alpha value is -0.540. The molecule has 0 spiro atoms. The number of hydrogen-bond donors (Lipinski definition) is 1. The Morgan fingerprint density at radius 2 is 2.29 bits per heavy atom. The van der Waals surface area contributed by atoms with Gasteiger partial charge in [0.05, 0.1) is 6.61 Å². The Balaban J connectivity index is 1.89. The van der Waals surface area contributed by atoms with Crippen LogP contribution in [0.3, 0.4) is 0 Å². The third kappa shape index (κ3) is 3.23. The minimum absolute atomic E-state index is 0.510. The Morgan fingerprint density at radius 3 is 3.06 bits per heavy atom. The monoisotopic (exact) mass is 297 g/mol. The first-order valence-electron chi connectivity index (χ1n) is 6.36. The number of benzene rings is 1. The van der Waals surface area contributed by atoms with Crippen LogP contribution in [0.2, 0.25) is 0 Å². The summed E-state index contributed by atoms with van der Waals surface area (Å²) in [6, 6.07) is 8.98. The van der Waals surface area contributed by atoms with Gasteiger partial charge >= 0.3 is 0 Å². The van der Waals surface area contributed by atoms with Gasteiger partial charge in [-0.1, -0.05) is 41.1 Å². The van der Waals surface area contributed by atoms with Crippen molar-refractivity contribution in [2.75, 3.05) is 18.5 Å². The minimum Gasteiger partial charge on any atom is -0.493 e. The number of nitrogens with one attached hydrogen (secondary N) is 1. The van der Waals surface area contributed by atoms with Crippen molar-refractivity contribution in [2.45, 2.75) is 31.7 Å². The van der Waals surface area contributed by atoms with E-state index >= 15 is 0 Å². The summed E-state index contributed by atoms with van der Waals surface area (Å²) in [7, 11) is 0. The lowest BCUT2D eigenvalue weighted by Gasteiger charge is -2.18. The highest BCUT2D eigenvalue weighted by molar-refractivity contribution is 9.09. The number of halogens is 1. The van der Waals surface area contributed by atoms with Crippen LogP contribution in [0.15, 0.2) is 24.3 Å². The van der Waals surface area contributed by atoms with Crippen molar-refractivity contribution in [3.05, 3.63) is 29.8 Å². The molecule has 3 heteroatoms. The highest BCUT2D eigenvalue weighted by atomic mass is 79.9. The number of rotatable bonds is 6. The van der Waals surface area contributed by atoms with Gasteiger partial charge in [-0.25, -0.2) is 0 Å². The van der Waals surface area contributed by atoms with Crippen LogP contribution in [0.5, 0.6) is 5.75 Å². The van der Waals surface area contributed by atoms with Gasteiger partial charge in [-0.2, -0.15) is 0 Å². The van der Waals surface area contributed by atoms with E-state index < -0.39 is 0 Å². The third-order valence-corrected chi connectivity index (χ3v) is 3.86. The quantitative estimate of drug-likeness (QED) is 0.814. The van der Waals surface area contributed by atoms with Crippen molar-refractivity contribution in [1.82, 2.24) is 5.32 Å².